The summed E-state index contributed by atoms with van der Waals surface area (Å²) in [6.07, 6.45) is -0.394. The Morgan fingerprint density at radius 2 is 1.93 bits per heavy atom. The Bertz CT molecular complexity index is 1640. The Labute approximate surface area is 242 Å². The summed E-state index contributed by atoms with van der Waals surface area (Å²) in [6.45, 7) is 1.67. The highest BCUT2D eigenvalue weighted by Crippen LogP contribution is 2.45. The van der Waals surface area contributed by atoms with Gasteiger partial charge in [0.25, 0.3) is 0 Å². The molecule has 1 saturated carbocycles. The third-order valence-electron chi connectivity index (χ3n) is 6.32. The van der Waals surface area contributed by atoms with Crippen LogP contribution in [0.2, 0.25) is 5.02 Å². The van der Waals surface area contributed by atoms with E-state index < -0.39 is 18.1 Å². The van der Waals surface area contributed by atoms with Crippen LogP contribution in [0, 0.1) is 0 Å². The highest BCUT2D eigenvalue weighted by molar-refractivity contribution is 6.34. The average molecular weight is 602 g/mol. The second-order valence-corrected chi connectivity index (χ2v) is 9.87. The molecule has 1 aliphatic carbocycles. The molecule has 5 rings (SSSR count). The first kappa shape index (κ1) is 28.9. The zero-order valence-electron chi connectivity index (χ0n) is 22.0. The molecule has 0 bridgehead atoms. The van der Waals surface area contributed by atoms with Crippen LogP contribution in [0.25, 0.3) is 11.3 Å². The first-order valence-electron chi connectivity index (χ1n) is 12.7. The Morgan fingerprint density at radius 1 is 1.14 bits per heavy atom. The molecule has 1 fully saturated rings. The Morgan fingerprint density at radius 3 is 2.64 bits per heavy atom. The van der Waals surface area contributed by atoms with Crippen LogP contribution in [0.5, 0.6) is 11.5 Å². The van der Waals surface area contributed by atoms with Crippen LogP contribution in [0.1, 0.15) is 58.5 Å². The molecule has 0 aliphatic heterocycles. The molecule has 13 heteroatoms. The van der Waals surface area contributed by atoms with Crippen LogP contribution in [0.4, 0.5) is 13.2 Å². The number of carboxylic acids is 1. The summed E-state index contributed by atoms with van der Waals surface area (Å²) in [4.78, 5) is 20.3. The van der Waals surface area contributed by atoms with Gasteiger partial charge in [0.15, 0.2) is 0 Å². The van der Waals surface area contributed by atoms with Crippen molar-refractivity contribution in [1.82, 2.24) is 10.1 Å². The molecule has 0 saturated heterocycles. The summed E-state index contributed by atoms with van der Waals surface area (Å²) in [7, 11) is 0. The number of rotatable bonds is 11. The number of ether oxygens (including phenoxy) is 2. The van der Waals surface area contributed by atoms with Gasteiger partial charge in [-0.25, -0.2) is 4.79 Å². The largest absolute Gasteiger partial charge is 0.573 e. The molecule has 9 nitrogen and oxygen atoms in total. The SMILES string of the molecule is C/C(=N\OCc1cncc(C(=O)O)c1)c1ccc(OCc2c(-c3ccccc3OC(F)(F)F)noc2C2CC2)cc1Cl. The van der Waals surface area contributed by atoms with Crippen molar-refractivity contribution in [2.24, 2.45) is 5.16 Å². The molecule has 0 radical (unpaired) electrons. The molecular formula is C29H23ClF3N3O6. The van der Waals surface area contributed by atoms with Gasteiger partial charge in [-0.15, -0.1) is 13.2 Å². The van der Waals surface area contributed by atoms with Crippen LogP contribution in [-0.2, 0) is 18.1 Å². The number of benzene rings is 2. The lowest BCUT2D eigenvalue weighted by molar-refractivity contribution is -0.274. The fraction of sp³-hybridized carbons (Fsp3) is 0.241. The number of pyridine rings is 1. The van der Waals surface area contributed by atoms with Crippen molar-refractivity contribution < 1.29 is 41.9 Å². The number of carboxylic acid groups (broad SMARTS) is 1. The van der Waals surface area contributed by atoms with Crippen molar-refractivity contribution >= 4 is 23.3 Å². The molecule has 218 valence electrons. The predicted molar refractivity (Wildman–Crippen MR) is 145 cm³/mol. The second kappa shape index (κ2) is 12.1. The minimum atomic E-state index is -4.87. The van der Waals surface area contributed by atoms with Crippen LogP contribution < -0.4 is 9.47 Å². The molecule has 0 spiro atoms. The average Bonchev–Trinajstić information content (AvgIpc) is 3.70. The summed E-state index contributed by atoms with van der Waals surface area (Å²) in [5.41, 5.74) is 2.49. The van der Waals surface area contributed by atoms with Gasteiger partial charge >= 0.3 is 12.3 Å². The number of hydrogen-bond acceptors (Lipinski definition) is 8. The monoisotopic (exact) mass is 601 g/mol. The van der Waals surface area contributed by atoms with Crippen molar-refractivity contribution in [3.8, 4) is 22.8 Å². The number of nitrogens with zero attached hydrogens (tertiary/aromatic N) is 3. The lowest BCUT2D eigenvalue weighted by atomic mass is 10.0. The molecular weight excluding hydrogens is 579 g/mol. The van der Waals surface area contributed by atoms with Gasteiger partial charge in [-0.3, -0.25) is 4.98 Å². The third-order valence-corrected chi connectivity index (χ3v) is 6.64. The molecule has 0 unspecified atom stereocenters. The van der Waals surface area contributed by atoms with Crippen molar-refractivity contribution in [2.75, 3.05) is 0 Å². The van der Waals surface area contributed by atoms with Crippen molar-refractivity contribution in [1.29, 1.82) is 0 Å². The molecule has 42 heavy (non-hydrogen) atoms. The van der Waals surface area contributed by atoms with Gasteiger partial charge < -0.3 is 23.9 Å². The highest BCUT2D eigenvalue weighted by Gasteiger charge is 2.35. The molecule has 0 atom stereocenters. The number of carbonyl (C=O) groups is 1. The van der Waals surface area contributed by atoms with E-state index in [1.807, 2.05) is 0 Å². The van der Waals surface area contributed by atoms with E-state index in [-0.39, 0.29) is 36.0 Å². The van der Waals surface area contributed by atoms with E-state index in [2.05, 4.69) is 20.0 Å². The van der Waals surface area contributed by atoms with E-state index in [1.165, 1.54) is 36.7 Å². The molecule has 2 aromatic heterocycles. The highest BCUT2D eigenvalue weighted by atomic mass is 35.5. The standard InChI is InChI=1S/C29H23ClF3N3O6/c1-16(35-40-14-17-10-19(28(37)38)13-34-12-17)21-9-8-20(11-24(21)30)39-15-23-26(36-42-27(23)18-6-7-18)22-4-2-3-5-25(22)41-29(31,32)33/h2-5,8-13,18H,6-7,14-15H2,1H3,(H,37,38)/b35-16+. The first-order chi connectivity index (χ1) is 20.1. The maximum Gasteiger partial charge on any atom is 0.573 e. The fourth-order valence-electron chi connectivity index (χ4n) is 4.19. The van der Waals surface area contributed by atoms with Gasteiger partial charge in [0.05, 0.1) is 21.9 Å². The van der Waals surface area contributed by atoms with Gasteiger partial charge in [-0.2, -0.15) is 0 Å². The van der Waals surface area contributed by atoms with Crippen LogP contribution >= 0.6 is 11.6 Å². The summed E-state index contributed by atoms with van der Waals surface area (Å²) in [5, 5.41) is 17.5. The van der Waals surface area contributed by atoms with Crippen LogP contribution in [0.15, 0.2) is 70.6 Å². The minimum Gasteiger partial charge on any atom is -0.489 e. The van der Waals surface area contributed by atoms with Gasteiger partial charge in [-0.05, 0) is 56.2 Å². The molecule has 4 aromatic rings. The van der Waals surface area contributed by atoms with Gasteiger partial charge in [0, 0.05) is 35.0 Å². The quantitative estimate of drug-likeness (QED) is 0.140. The smallest absolute Gasteiger partial charge is 0.489 e. The summed E-state index contributed by atoms with van der Waals surface area (Å²) in [5.74, 6) is -0.395. The number of oxime groups is 1. The van der Waals surface area contributed by atoms with Crippen molar-refractivity contribution in [2.45, 2.75) is 45.3 Å². The normalized spacial score (nSPS) is 13.6. The fourth-order valence-corrected chi connectivity index (χ4v) is 4.49. The Balaban J connectivity index is 1.30. The van der Waals surface area contributed by atoms with Crippen LogP contribution in [-0.4, -0.2) is 33.3 Å². The number of halogens is 4. The number of aromatic carboxylic acids is 1. The van der Waals surface area contributed by atoms with E-state index in [0.29, 0.717) is 38.9 Å². The summed E-state index contributed by atoms with van der Waals surface area (Å²) in [6, 6.07) is 12.1. The zero-order chi connectivity index (χ0) is 29.9. The number of alkyl halides is 3. The van der Waals surface area contributed by atoms with E-state index in [0.717, 1.165) is 12.8 Å². The Hall–Kier alpha value is -4.58. The van der Waals surface area contributed by atoms with Crippen molar-refractivity contribution in [3.63, 3.8) is 0 Å². The first-order valence-corrected chi connectivity index (χ1v) is 13.1. The van der Waals surface area contributed by atoms with Crippen molar-refractivity contribution in [3.05, 3.63) is 94.0 Å². The van der Waals surface area contributed by atoms with Crippen LogP contribution in [0.3, 0.4) is 0 Å². The number of para-hydroxylation sites is 1. The lowest BCUT2D eigenvalue weighted by Crippen LogP contribution is -2.17. The molecule has 2 heterocycles. The summed E-state index contributed by atoms with van der Waals surface area (Å²) >= 11 is 6.49. The van der Waals surface area contributed by atoms with Gasteiger partial charge in [0.1, 0.15) is 36.2 Å². The third kappa shape index (κ3) is 7.00. The van der Waals surface area contributed by atoms with E-state index >= 15 is 0 Å². The maximum atomic E-state index is 13.0. The zero-order valence-corrected chi connectivity index (χ0v) is 22.8. The molecule has 1 N–H and O–H groups in total. The van der Waals surface area contributed by atoms with E-state index in [9.17, 15) is 18.0 Å². The lowest BCUT2D eigenvalue weighted by Gasteiger charge is -2.13. The van der Waals surface area contributed by atoms with Gasteiger partial charge in [0.2, 0.25) is 0 Å². The molecule has 2 aromatic carbocycles. The summed E-state index contributed by atoms with van der Waals surface area (Å²) < 4.78 is 54.8. The molecule has 0 amide bonds. The van der Waals surface area contributed by atoms with Gasteiger partial charge in [-0.1, -0.05) is 34.0 Å². The van der Waals surface area contributed by atoms with E-state index in [1.54, 1.807) is 31.2 Å². The Kier molecular flexibility index (Phi) is 8.34. The minimum absolute atomic E-state index is 0.00576. The topological polar surface area (TPSA) is 116 Å². The second-order valence-electron chi connectivity index (χ2n) is 9.46. The van der Waals surface area contributed by atoms with E-state index in [4.69, 9.17) is 30.8 Å². The molecule has 1 aliphatic rings. The number of aromatic nitrogens is 2. The predicted octanol–water partition coefficient (Wildman–Crippen LogP) is 7.38. The number of hydrogen-bond donors (Lipinski definition) is 1. The maximum absolute atomic E-state index is 13.0.